The maximum Gasteiger partial charge on any atom is 0.244 e. The molecule has 162 valence electrons. The average molecular weight is 470 g/mol. The molecule has 2 aromatic carbocycles. The summed E-state index contributed by atoms with van der Waals surface area (Å²) in [5.41, 5.74) is 1.96. The molecule has 1 amide bonds. The monoisotopic (exact) mass is 469 g/mol. The van der Waals surface area contributed by atoms with E-state index in [4.69, 9.17) is 23.2 Å². The van der Waals surface area contributed by atoms with E-state index in [9.17, 15) is 13.2 Å². The predicted molar refractivity (Wildman–Crippen MR) is 121 cm³/mol. The fourth-order valence-electron chi connectivity index (χ4n) is 3.30. The van der Waals surface area contributed by atoms with Crippen molar-refractivity contribution in [1.29, 1.82) is 0 Å². The first-order valence-electron chi connectivity index (χ1n) is 9.74. The van der Waals surface area contributed by atoms with E-state index < -0.39 is 10.0 Å². The second-order valence-corrected chi connectivity index (χ2v) is 10.3. The molecular weight excluding hydrogens is 445 g/mol. The Kier molecular flexibility index (Phi) is 7.42. The summed E-state index contributed by atoms with van der Waals surface area (Å²) < 4.78 is 27.2. The van der Waals surface area contributed by atoms with Crippen LogP contribution in [0.15, 0.2) is 47.4 Å². The van der Waals surface area contributed by atoms with Gasteiger partial charge in [0.15, 0.2) is 0 Å². The molecule has 0 radical (unpaired) electrons. The van der Waals surface area contributed by atoms with Crippen LogP contribution in [0.1, 0.15) is 25.3 Å². The lowest BCUT2D eigenvalue weighted by Gasteiger charge is -2.33. The number of piperazine rings is 1. The van der Waals surface area contributed by atoms with Gasteiger partial charge in [-0.1, -0.05) is 49.2 Å². The van der Waals surface area contributed by atoms with Gasteiger partial charge in [0.05, 0.1) is 11.6 Å². The number of benzene rings is 2. The molecule has 30 heavy (non-hydrogen) atoms. The summed E-state index contributed by atoms with van der Waals surface area (Å²) in [6.45, 7) is 5.91. The van der Waals surface area contributed by atoms with Gasteiger partial charge in [0.25, 0.3) is 0 Å². The SMILES string of the molecule is CC(C)c1ccc(NC(=O)CN2CCN(S(=O)(=O)c3cc(Cl)ccc3Cl)CC2)cc1. The van der Waals surface area contributed by atoms with Gasteiger partial charge in [0, 0.05) is 36.9 Å². The highest BCUT2D eigenvalue weighted by molar-refractivity contribution is 7.89. The van der Waals surface area contributed by atoms with Gasteiger partial charge < -0.3 is 5.32 Å². The minimum atomic E-state index is -3.74. The number of carbonyl (C=O) groups is 1. The second-order valence-electron chi connectivity index (χ2n) is 7.58. The number of halogens is 2. The number of anilines is 1. The summed E-state index contributed by atoms with van der Waals surface area (Å²) in [5, 5.41) is 3.35. The Hall–Kier alpha value is -1.64. The molecule has 0 atom stereocenters. The van der Waals surface area contributed by atoms with Crippen molar-refractivity contribution in [1.82, 2.24) is 9.21 Å². The standard InChI is InChI=1S/C21H25Cl2N3O3S/c1-15(2)16-3-6-18(7-4-16)24-21(27)14-25-9-11-26(12-10-25)30(28,29)20-13-17(22)5-8-19(20)23/h3-8,13,15H,9-12,14H2,1-2H3,(H,24,27). The van der Waals surface area contributed by atoms with Crippen LogP contribution < -0.4 is 5.32 Å². The predicted octanol–water partition coefficient (Wildman–Crippen LogP) is 4.06. The summed E-state index contributed by atoms with van der Waals surface area (Å²) >= 11 is 12.0. The Morgan fingerprint density at radius 3 is 2.27 bits per heavy atom. The van der Waals surface area contributed by atoms with E-state index in [2.05, 4.69) is 19.2 Å². The first-order chi connectivity index (χ1) is 14.2. The van der Waals surface area contributed by atoms with Crippen LogP contribution in [-0.2, 0) is 14.8 Å². The number of carbonyl (C=O) groups excluding carboxylic acids is 1. The molecule has 9 heteroatoms. The zero-order valence-electron chi connectivity index (χ0n) is 16.9. The first-order valence-corrected chi connectivity index (χ1v) is 11.9. The van der Waals surface area contributed by atoms with E-state index in [0.29, 0.717) is 24.0 Å². The molecule has 0 bridgehead atoms. The third-order valence-corrected chi connectivity index (χ3v) is 7.69. The molecule has 3 rings (SSSR count). The van der Waals surface area contributed by atoms with Gasteiger partial charge in [0.2, 0.25) is 15.9 Å². The van der Waals surface area contributed by atoms with Gasteiger partial charge in [-0.3, -0.25) is 9.69 Å². The number of hydrogen-bond acceptors (Lipinski definition) is 4. The lowest BCUT2D eigenvalue weighted by molar-refractivity contribution is -0.117. The molecule has 0 aliphatic carbocycles. The quantitative estimate of drug-likeness (QED) is 0.692. The zero-order valence-corrected chi connectivity index (χ0v) is 19.3. The van der Waals surface area contributed by atoms with Crippen LogP contribution in [0, 0.1) is 0 Å². The highest BCUT2D eigenvalue weighted by Gasteiger charge is 2.30. The lowest BCUT2D eigenvalue weighted by Crippen LogP contribution is -2.50. The Balaban J connectivity index is 1.55. The lowest BCUT2D eigenvalue weighted by atomic mass is 10.0. The van der Waals surface area contributed by atoms with Crippen molar-refractivity contribution in [2.45, 2.75) is 24.7 Å². The third-order valence-electron chi connectivity index (χ3n) is 5.07. The van der Waals surface area contributed by atoms with Crippen LogP contribution in [0.5, 0.6) is 0 Å². The number of nitrogens with zero attached hydrogens (tertiary/aromatic N) is 2. The molecule has 1 fully saturated rings. The fourth-order valence-corrected chi connectivity index (χ4v) is 5.46. The van der Waals surface area contributed by atoms with Gasteiger partial charge in [0.1, 0.15) is 4.90 Å². The molecule has 1 N–H and O–H groups in total. The summed E-state index contributed by atoms with van der Waals surface area (Å²) in [4.78, 5) is 14.3. The van der Waals surface area contributed by atoms with Crippen molar-refractivity contribution in [3.8, 4) is 0 Å². The zero-order chi connectivity index (χ0) is 21.9. The molecule has 1 heterocycles. The molecular formula is C21H25Cl2N3O3S. The van der Waals surface area contributed by atoms with E-state index >= 15 is 0 Å². The maximum atomic E-state index is 12.9. The summed E-state index contributed by atoms with van der Waals surface area (Å²) in [6, 6.07) is 12.2. The summed E-state index contributed by atoms with van der Waals surface area (Å²) in [7, 11) is -3.74. The molecule has 2 aromatic rings. The van der Waals surface area contributed by atoms with E-state index in [1.165, 1.54) is 22.0 Å². The van der Waals surface area contributed by atoms with Crippen molar-refractivity contribution >= 4 is 44.8 Å². The average Bonchev–Trinajstić information content (AvgIpc) is 2.70. The van der Waals surface area contributed by atoms with Crippen LogP contribution in [0.2, 0.25) is 10.0 Å². The van der Waals surface area contributed by atoms with E-state index in [-0.39, 0.29) is 35.5 Å². The first kappa shape index (κ1) is 23.0. The fraction of sp³-hybridized carbons (Fsp3) is 0.381. The highest BCUT2D eigenvalue weighted by Crippen LogP contribution is 2.28. The highest BCUT2D eigenvalue weighted by atomic mass is 35.5. The van der Waals surface area contributed by atoms with Gasteiger partial charge >= 0.3 is 0 Å². The molecule has 0 spiro atoms. The van der Waals surface area contributed by atoms with Crippen molar-refractivity contribution in [2.75, 3.05) is 38.0 Å². The van der Waals surface area contributed by atoms with E-state index in [1.54, 1.807) is 6.07 Å². The number of hydrogen-bond donors (Lipinski definition) is 1. The van der Waals surface area contributed by atoms with Crippen LogP contribution in [0.3, 0.4) is 0 Å². The van der Waals surface area contributed by atoms with Crippen LogP contribution in [0.4, 0.5) is 5.69 Å². The Morgan fingerprint density at radius 2 is 1.67 bits per heavy atom. The maximum absolute atomic E-state index is 12.9. The van der Waals surface area contributed by atoms with Crippen LogP contribution in [0.25, 0.3) is 0 Å². The second kappa shape index (κ2) is 9.66. The number of rotatable bonds is 6. The molecule has 1 aliphatic rings. The summed E-state index contributed by atoms with van der Waals surface area (Å²) in [5.74, 6) is 0.311. The molecule has 0 saturated carbocycles. The number of nitrogens with one attached hydrogen (secondary N) is 1. The van der Waals surface area contributed by atoms with E-state index in [1.807, 2.05) is 29.2 Å². The van der Waals surface area contributed by atoms with Crippen molar-refractivity contribution in [3.05, 3.63) is 58.1 Å². The Bertz CT molecular complexity index is 1000. The normalized spacial score (nSPS) is 16.0. The minimum Gasteiger partial charge on any atom is -0.325 e. The topological polar surface area (TPSA) is 69.7 Å². The molecule has 1 aliphatic heterocycles. The Morgan fingerprint density at radius 1 is 1.03 bits per heavy atom. The largest absolute Gasteiger partial charge is 0.325 e. The van der Waals surface area contributed by atoms with Crippen molar-refractivity contribution in [2.24, 2.45) is 0 Å². The van der Waals surface area contributed by atoms with Gasteiger partial charge in [-0.15, -0.1) is 0 Å². The third kappa shape index (κ3) is 5.53. The van der Waals surface area contributed by atoms with Gasteiger partial charge in [-0.05, 0) is 41.8 Å². The summed E-state index contributed by atoms with van der Waals surface area (Å²) in [6.07, 6.45) is 0. The molecule has 0 aromatic heterocycles. The smallest absolute Gasteiger partial charge is 0.244 e. The molecule has 0 unspecified atom stereocenters. The van der Waals surface area contributed by atoms with Crippen molar-refractivity contribution in [3.63, 3.8) is 0 Å². The molecule has 6 nitrogen and oxygen atoms in total. The number of amides is 1. The van der Waals surface area contributed by atoms with Gasteiger partial charge in [-0.2, -0.15) is 4.31 Å². The van der Waals surface area contributed by atoms with Crippen molar-refractivity contribution < 1.29 is 13.2 Å². The molecule has 1 saturated heterocycles. The number of sulfonamides is 1. The van der Waals surface area contributed by atoms with E-state index in [0.717, 1.165) is 5.69 Å². The van der Waals surface area contributed by atoms with Crippen LogP contribution >= 0.6 is 23.2 Å². The van der Waals surface area contributed by atoms with Crippen LogP contribution in [-0.4, -0.2) is 56.3 Å². The Labute approximate surface area is 187 Å². The van der Waals surface area contributed by atoms with Gasteiger partial charge in [-0.25, -0.2) is 8.42 Å². The minimum absolute atomic E-state index is 0.00713.